The molecule has 0 spiro atoms. The van der Waals surface area contributed by atoms with Crippen molar-refractivity contribution in [1.29, 1.82) is 0 Å². The minimum Gasteiger partial charge on any atom is -0.387 e. The van der Waals surface area contributed by atoms with E-state index in [0.29, 0.717) is 0 Å². The van der Waals surface area contributed by atoms with E-state index in [0.717, 1.165) is 6.07 Å². The maximum atomic E-state index is 12.4. The van der Waals surface area contributed by atoms with Crippen LogP contribution in [0.15, 0.2) is 6.07 Å². The molecule has 0 aliphatic heterocycles. The quantitative estimate of drug-likeness (QED) is 0.401. The minimum absolute atomic E-state index is 0.0428. The number of halogens is 7. The molecule has 2 nitrogen and oxygen atoms in total. The van der Waals surface area contributed by atoms with Crippen molar-refractivity contribution in [3.8, 4) is 5.88 Å². The molecule has 0 saturated carbocycles. The summed E-state index contributed by atoms with van der Waals surface area (Å²) in [6.07, 6.45) is -7.92. The summed E-state index contributed by atoms with van der Waals surface area (Å²) in [7, 11) is 0. The van der Waals surface area contributed by atoms with Crippen LogP contribution in [0.1, 0.15) is 17.7 Å². The number of hydrogen-bond donors (Lipinski definition) is 0. The summed E-state index contributed by atoms with van der Waals surface area (Å²) in [6.45, 7) is 0. The normalized spacial score (nSPS) is 12.0. The molecule has 0 N–H and O–H groups in total. The van der Waals surface area contributed by atoms with Gasteiger partial charge in [0, 0.05) is 5.33 Å². The molecule has 1 aromatic rings. The highest BCUT2D eigenvalue weighted by atomic mass is 127. The highest BCUT2D eigenvalue weighted by Gasteiger charge is 2.33. The summed E-state index contributed by atoms with van der Waals surface area (Å²) >= 11 is 4.55. The molecule has 96 valence electrons. The van der Waals surface area contributed by atoms with Crippen LogP contribution in [-0.4, -0.2) is 11.3 Å². The number of rotatable bonds is 3. The minimum atomic E-state index is -4.96. The fourth-order valence-corrected chi connectivity index (χ4v) is 2.51. The highest BCUT2D eigenvalue weighted by Crippen LogP contribution is 2.32. The molecular weight excluding hydrogens is 428 g/mol. The fraction of sp³-hybridized carbons (Fsp3) is 0.375. The lowest BCUT2D eigenvalue weighted by Gasteiger charge is -2.13. The monoisotopic (exact) mass is 431 g/mol. The molecule has 0 aliphatic rings. The van der Waals surface area contributed by atoms with Crippen molar-refractivity contribution < 1.29 is 26.7 Å². The van der Waals surface area contributed by atoms with Crippen LogP contribution in [0.3, 0.4) is 0 Å². The lowest BCUT2D eigenvalue weighted by atomic mass is 10.2. The second-order valence-corrected chi connectivity index (χ2v) is 4.45. The van der Waals surface area contributed by atoms with Gasteiger partial charge in [-0.2, -0.15) is 0 Å². The van der Waals surface area contributed by atoms with Gasteiger partial charge in [0.25, 0.3) is 6.43 Å². The van der Waals surface area contributed by atoms with Gasteiger partial charge in [-0.3, -0.25) is 0 Å². The van der Waals surface area contributed by atoms with E-state index in [1.54, 1.807) is 22.6 Å². The van der Waals surface area contributed by atoms with Crippen molar-refractivity contribution >= 4 is 38.5 Å². The third-order valence-electron chi connectivity index (χ3n) is 1.60. The Morgan fingerprint density at radius 3 is 2.41 bits per heavy atom. The van der Waals surface area contributed by atoms with E-state index < -0.39 is 24.4 Å². The molecule has 0 aromatic carbocycles. The van der Waals surface area contributed by atoms with Crippen molar-refractivity contribution in [3.63, 3.8) is 0 Å². The van der Waals surface area contributed by atoms with Crippen LogP contribution < -0.4 is 4.74 Å². The third kappa shape index (κ3) is 4.19. The van der Waals surface area contributed by atoms with Crippen molar-refractivity contribution in [3.05, 3.63) is 20.9 Å². The zero-order valence-electron chi connectivity index (χ0n) is 7.86. The summed E-state index contributed by atoms with van der Waals surface area (Å²) < 4.78 is 64.5. The highest BCUT2D eigenvalue weighted by molar-refractivity contribution is 14.1. The molecule has 0 bridgehead atoms. The number of alkyl halides is 6. The average molecular weight is 432 g/mol. The molecule has 1 heterocycles. The van der Waals surface area contributed by atoms with Crippen LogP contribution in [0.5, 0.6) is 5.88 Å². The molecular formula is C8H4BrF5INO. The third-order valence-corrected chi connectivity index (χ3v) is 3.36. The molecule has 9 heteroatoms. The molecule has 1 aromatic heterocycles. The number of nitrogens with zero attached hydrogens (tertiary/aromatic N) is 1. The number of pyridine rings is 1. The predicted octanol–water partition coefficient (Wildman–Crippen LogP) is 4.42. The first-order valence-electron chi connectivity index (χ1n) is 4.03. The van der Waals surface area contributed by atoms with E-state index in [2.05, 4.69) is 25.7 Å². The summed E-state index contributed by atoms with van der Waals surface area (Å²) in [4.78, 5) is 3.15. The Labute approximate surface area is 115 Å². The Bertz CT molecular complexity index is 412. The standard InChI is InChI=1S/C8H4BrF5INO/c9-2-3-1-4(6(10)11)16-7(5(3)15)17-8(12,13)14/h1,6H,2H2. The van der Waals surface area contributed by atoms with Gasteiger partial charge < -0.3 is 4.74 Å². The molecule has 0 radical (unpaired) electrons. The first kappa shape index (κ1) is 14.9. The SMILES string of the molecule is FC(F)c1cc(CBr)c(I)c(OC(F)(F)F)n1. The Morgan fingerprint density at radius 2 is 2.00 bits per heavy atom. The summed E-state index contributed by atoms with van der Waals surface area (Å²) in [6, 6.07) is 1.03. The van der Waals surface area contributed by atoms with Crippen LogP contribution in [0.2, 0.25) is 0 Å². The Kier molecular flexibility index (Phi) is 4.93. The van der Waals surface area contributed by atoms with Gasteiger partial charge in [-0.25, -0.2) is 13.8 Å². The van der Waals surface area contributed by atoms with Gasteiger partial charge in [-0.1, -0.05) is 15.9 Å². The molecule has 0 aliphatic carbocycles. The average Bonchev–Trinajstić information content (AvgIpc) is 2.18. The molecule has 0 amide bonds. The molecule has 0 atom stereocenters. The predicted molar refractivity (Wildman–Crippen MR) is 61.2 cm³/mol. The van der Waals surface area contributed by atoms with Crippen LogP contribution in [0.4, 0.5) is 22.0 Å². The molecule has 0 saturated heterocycles. The topological polar surface area (TPSA) is 22.1 Å². The van der Waals surface area contributed by atoms with Crippen LogP contribution in [-0.2, 0) is 5.33 Å². The van der Waals surface area contributed by atoms with E-state index in [-0.39, 0.29) is 14.5 Å². The first-order chi connectivity index (χ1) is 7.74. The lowest BCUT2D eigenvalue weighted by Crippen LogP contribution is -2.19. The van der Waals surface area contributed by atoms with Crippen LogP contribution in [0, 0.1) is 3.57 Å². The van der Waals surface area contributed by atoms with Gasteiger partial charge in [-0.05, 0) is 34.2 Å². The maximum Gasteiger partial charge on any atom is 0.574 e. The van der Waals surface area contributed by atoms with Gasteiger partial charge in [0.15, 0.2) is 0 Å². The maximum absolute atomic E-state index is 12.4. The van der Waals surface area contributed by atoms with Gasteiger partial charge >= 0.3 is 6.36 Å². The second-order valence-electron chi connectivity index (χ2n) is 2.81. The first-order valence-corrected chi connectivity index (χ1v) is 6.23. The van der Waals surface area contributed by atoms with Crippen molar-refractivity contribution in [2.24, 2.45) is 0 Å². The zero-order valence-corrected chi connectivity index (χ0v) is 11.6. The van der Waals surface area contributed by atoms with E-state index in [1.165, 1.54) is 0 Å². The second kappa shape index (κ2) is 5.63. The van der Waals surface area contributed by atoms with Gasteiger partial charge in [0.05, 0.1) is 3.57 Å². The van der Waals surface area contributed by atoms with Crippen molar-refractivity contribution in [2.75, 3.05) is 0 Å². The number of ether oxygens (including phenoxy) is 1. The smallest absolute Gasteiger partial charge is 0.387 e. The molecule has 0 unspecified atom stereocenters. The van der Waals surface area contributed by atoms with Crippen molar-refractivity contribution in [1.82, 2.24) is 4.98 Å². The van der Waals surface area contributed by atoms with Gasteiger partial charge in [0.2, 0.25) is 5.88 Å². The largest absolute Gasteiger partial charge is 0.574 e. The molecule has 0 fully saturated rings. The van der Waals surface area contributed by atoms with E-state index in [9.17, 15) is 22.0 Å². The van der Waals surface area contributed by atoms with Crippen LogP contribution in [0.25, 0.3) is 0 Å². The van der Waals surface area contributed by atoms with Crippen LogP contribution >= 0.6 is 38.5 Å². The lowest BCUT2D eigenvalue weighted by molar-refractivity contribution is -0.276. The Balaban J connectivity index is 3.23. The van der Waals surface area contributed by atoms with E-state index in [1.807, 2.05) is 0 Å². The number of hydrogen-bond acceptors (Lipinski definition) is 2. The van der Waals surface area contributed by atoms with E-state index in [4.69, 9.17) is 0 Å². The van der Waals surface area contributed by atoms with E-state index >= 15 is 0 Å². The van der Waals surface area contributed by atoms with Crippen molar-refractivity contribution in [2.45, 2.75) is 18.1 Å². The van der Waals surface area contributed by atoms with Gasteiger partial charge in [-0.15, -0.1) is 13.2 Å². The Morgan fingerprint density at radius 1 is 1.41 bits per heavy atom. The zero-order chi connectivity index (χ0) is 13.2. The fourth-order valence-electron chi connectivity index (χ4n) is 0.964. The summed E-state index contributed by atoms with van der Waals surface area (Å²) in [5.41, 5.74) is -0.491. The molecule has 1 rings (SSSR count). The molecule has 17 heavy (non-hydrogen) atoms. The Hall–Kier alpha value is -0.190. The van der Waals surface area contributed by atoms with Gasteiger partial charge in [0.1, 0.15) is 5.69 Å². The summed E-state index contributed by atoms with van der Waals surface area (Å²) in [5.74, 6) is -0.856. The number of aromatic nitrogens is 1. The summed E-state index contributed by atoms with van der Waals surface area (Å²) in [5, 5.41) is 0.127.